The fourth-order valence-corrected chi connectivity index (χ4v) is 4.32. The summed E-state index contributed by atoms with van der Waals surface area (Å²) in [5.41, 5.74) is 1.04. The van der Waals surface area contributed by atoms with E-state index >= 15 is 0 Å². The van der Waals surface area contributed by atoms with Gasteiger partial charge in [-0.1, -0.05) is 29.0 Å². The minimum Gasteiger partial charge on any atom is -0.465 e. The van der Waals surface area contributed by atoms with Crippen LogP contribution in [0.1, 0.15) is 12.0 Å². The predicted molar refractivity (Wildman–Crippen MR) is 81.1 cm³/mol. The summed E-state index contributed by atoms with van der Waals surface area (Å²) < 4.78 is 32.3. The predicted octanol–water partition coefficient (Wildman–Crippen LogP) is 2.29. The number of aryl methyl sites for hydroxylation is 1. The first-order valence-corrected chi connectivity index (χ1v) is 9.00. The Hall–Kier alpha value is -1.44. The number of thiazole rings is 1. The molecule has 2 aromatic rings. The maximum Gasteiger partial charge on any atom is 0.273 e. The zero-order valence-electron chi connectivity index (χ0n) is 11.6. The Labute approximate surface area is 128 Å². The summed E-state index contributed by atoms with van der Waals surface area (Å²) in [6.45, 7) is 2.78. The van der Waals surface area contributed by atoms with Crippen molar-refractivity contribution < 1.29 is 13.2 Å². The highest BCUT2D eigenvalue weighted by Gasteiger charge is 2.33. The smallest absolute Gasteiger partial charge is 0.273 e. The molecule has 2 heterocycles. The summed E-state index contributed by atoms with van der Waals surface area (Å²) in [4.78, 5) is 4.40. The quantitative estimate of drug-likeness (QED) is 0.866. The van der Waals surface area contributed by atoms with Gasteiger partial charge in [0, 0.05) is 18.1 Å². The molecule has 0 bridgehead atoms. The second-order valence-electron chi connectivity index (χ2n) is 5.00. The molecule has 1 unspecified atom stereocenters. The van der Waals surface area contributed by atoms with E-state index in [1.54, 1.807) is 18.3 Å². The maximum atomic E-state index is 12.6. The molecule has 1 aliphatic rings. The molecular formula is C14H16N2O3S2. The molecule has 112 valence electrons. The number of hydrogen-bond donors (Lipinski definition) is 0. The van der Waals surface area contributed by atoms with Gasteiger partial charge in [-0.3, -0.25) is 0 Å². The van der Waals surface area contributed by atoms with Crippen molar-refractivity contribution >= 4 is 21.4 Å². The first kappa shape index (κ1) is 14.5. The Morgan fingerprint density at radius 3 is 2.76 bits per heavy atom. The van der Waals surface area contributed by atoms with Crippen LogP contribution in [0.2, 0.25) is 0 Å². The van der Waals surface area contributed by atoms with Crippen LogP contribution < -0.4 is 4.74 Å². The molecule has 0 radical (unpaired) electrons. The van der Waals surface area contributed by atoms with Gasteiger partial charge in [0.1, 0.15) is 6.10 Å². The van der Waals surface area contributed by atoms with Crippen molar-refractivity contribution in [3.8, 4) is 5.19 Å². The van der Waals surface area contributed by atoms with E-state index in [4.69, 9.17) is 4.74 Å². The molecule has 1 aliphatic heterocycles. The average molecular weight is 324 g/mol. The molecule has 0 N–H and O–H groups in total. The Balaban J connectivity index is 1.71. The number of nitrogens with zero attached hydrogens (tertiary/aromatic N) is 2. The van der Waals surface area contributed by atoms with Gasteiger partial charge in [-0.05, 0) is 25.5 Å². The minimum atomic E-state index is -3.43. The molecule has 0 aliphatic carbocycles. The molecule has 1 saturated heterocycles. The van der Waals surface area contributed by atoms with Gasteiger partial charge in [-0.25, -0.2) is 13.4 Å². The van der Waals surface area contributed by atoms with E-state index in [1.165, 1.54) is 15.6 Å². The molecule has 0 saturated carbocycles. The van der Waals surface area contributed by atoms with E-state index in [0.29, 0.717) is 29.6 Å². The zero-order chi connectivity index (χ0) is 14.9. The lowest BCUT2D eigenvalue weighted by Crippen LogP contribution is -2.31. The van der Waals surface area contributed by atoms with Crippen LogP contribution >= 0.6 is 11.3 Å². The highest BCUT2D eigenvalue weighted by molar-refractivity contribution is 7.89. The van der Waals surface area contributed by atoms with E-state index < -0.39 is 10.0 Å². The normalized spacial score (nSPS) is 19.8. The van der Waals surface area contributed by atoms with E-state index in [-0.39, 0.29) is 6.10 Å². The van der Waals surface area contributed by atoms with Crippen LogP contribution in [0, 0.1) is 6.92 Å². The van der Waals surface area contributed by atoms with Gasteiger partial charge in [-0.15, -0.1) is 0 Å². The number of benzene rings is 1. The van der Waals surface area contributed by atoms with Gasteiger partial charge < -0.3 is 4.74 Å². The van der Waals surface area contributed by atoms with Crippen LogP contribution in [0.5, 0.6) is 5.19 Å². The lowest BCUT2D eigenvalue weighted by atomic mass is 10.2. The molecule has 1 aromatic heterocycles. The lowest BCUT2D eigenvalue weighted by Gasteiger charge is -2.16. The van der Waals surface area contributed by atoms with Crippen LogP contribution in [0.25, 0.3) is 0 Å². The van der Waals surface area contributed by atoms with Crippen molar-refractivity contribution in [3.63, 3.8) is 0 Å². The SMILES string of the molecule is Cc1ccc(S(=O)(=O)N2CCC(Oc3nccs3)C2)cc1. The minimum absolute atomic E-state index is 0.128. The van der Waals surface area contributed by atoms with Gasteiger partial charge >= 0.3 is 0 Å². The summed E-state index contributed by atoms with van der Waals surface area (Å²) in [7, 11) is -3.43. The largest absolute Gasteiger partial charge is 0.465 e. The van der Waals surface area contributed by atoms with Crippen LogP contribution in [0.4, 0.5) is 0 Å². The lowest BCUT2D eigenvalue weighted by molar-refractivity contribution is 0.214. The van der Waals surface area contributed by atoms with Gasteiger partial charge in [0.05, 0.1) is 11.4 Å². The van der Waals surface area contributed by atoms with Gasteiger partial charge in [0.25, 0.3) is 5.19 Å². The van der Waals surface area contributed by atoms with E-state index in [1.807, 2.05) is 24.4 Å². The van der Waals surface area contributed by atoms with Gasteiger partial charge in [-0.2, -0.15) is 4.31 Å². The number of sulfonamides is 1. The fraction of sp³-hybridized carbons (Fsp3) is 0.357. The highest BCUT2D eigenvalue weighted by Crippen LogP contribution is 2.25. The summed E-state index contributed by atoms with van der Waals surface area (Å²) in [5, 5.41) is 2.43. The number of aromatic nitrogens is 1. The molecule has 0 spiro atoms. The average Bonchev–Trinajstić information content (AvgIpc) is 3.11. The topological polar surface area (TPSA) is 59.5 Å². The van der Waals surface area contributed by atoms with Gasteiger partial charge in [0.2, 0.25) is 10.0 Å². The van der Waals surface area contributed by atoms with Gasteiger partial charge in [0.15, 0.2) is 0 Å². The fourth-order valence-electron chi connectivity index (χ4n) is 2.28. The molecule has 3 rings (SSSR count). The van der Waals surface area contributed by atoms with Crippen molar-refractivity contribution in [3.05, 3.63) is 41.4 Å². The summed E-state index contributed by atoms with van der Waals surface area (Å²) in [5.74, 6) is 0. The molecule has 0 amide bonds. The van der Waals surface area contributed by atoms with E-state index in [9.17, 15) is 8.42 Å². The Morgan fingerprint density at radius 2 is 2.10 bits per heavy atom. The summed E-state index contributed by atoms with van der Waals surface area (Å²) >= 11 is 1.42. The van der Waals surface area contributed by atoms with Crippen LogP contribution in [0.15, 0.2) is 40.7 Å². The van der Waals surface area contributed by atoms with Crippen molar-refractivity contribution in [2.24, 2.45) is 0 Å². The van der Waals surface area contributed by atoms with Crippen molar-refractivity contribution in [2.45, 2.75) is 24.3 Å². The first-order chi connectivity index (χ1) is 10.1. The Bertz CT molecular complexity index is 696. The molecule has 1 aromatic carbocycles. The van der Waals surface area contributed by atoms with E-state index in [0.717, 1.165) is 5.56 Å². The Kier molecular flexibility index (Phi) is 3.97. The molecule has 1 fully saturated rings. The highest BCUT2D eigenvalue weighted by atomic mass is 32.2. The molecule has 21 heavy (non-hydrogen) atoms. The van der Waals surface area contributed by atoms with Crippen LogP contribution in [-0.4, -0.2) is 36.9 Å². The number of hydrogen-bond acceptors (Lipinski definition) is 5. The molecular weight excluding hydrogens is 308 g/mol. The second kappa shape index (κ2) is 5.75. The number of rotatable bonds is 4. The number of ether oxygens (including phenoxy) is 1. The Morgan fingerprint density at radius 1 is 1.33 bits per heavy atom. The van der Waals surface area contributed by atoms with Crippen LogP contribution in [-0.2, 0) is 10.0 Å². The standard InChI is InChI=1S/C14H16N2O3S2/c1-11-2-4-13(5-3-11)21(17,18)16-8-6-12(10-16)19-14-15-7-9-20-14/h2-5,7,9,12H,6,8,10H2,1H3. The third-order valence-corrected chi connectivity index (χ3v) is 5.98. The van der Waals surface area contributed by atoms with Crippen molar-refractivity contribution in [1.82, 2.24) is 9.29 Å². The molecule has 1 atom stereocenters. The summed E-state index contributed by atoms with van der Waals surface area (Å²) in [6, 6.07) is 6.93. The summed E-state index contributed by atoms with van der Waals surface area (Å²) in [6.07, 6.45) is 2.23. The van der Waals surface area contributed by atoms with Crippen LogP contribution in [0.3, 0.4) is 0 Å². The second-order valence-corrected chi connectivity index (χ2v) is 7.80. The third-order valence-electron chi connectivity index (χ3n) is 3.44. The van der Waals surface area contributed by atoms with Crippen molar-refractivity contribution in [1.29, 1.82) is 0 Å². The van der Waals surface area contributed by atoms with Crippen molar-refractivity contribution in [2.75, 3.05) is 13.1 Å². The first-order valence-electron chi connectivity index (χ1n) is 6.69. The molecule has 5 nitrogen and oxygen atoms in total. The maximum absolute atomic E-state index is 12.6. The monoisotopic (exact) mass is 324 g/mol. The third kappa shape index (κ3) is 3.09. The van der Waals surface area contributed by atoms with E-state index in [2.05, 4.69) is 4.98 Å². The molecule has 7 heteroatoms. The zero-order valence-corrected chi connectivity index (χ0v) is 13.2.